The van der Waals surface area contributed by atoms with Crippen molar-refractivity contribution in [1.82, 2.24) is 10.3 Å². The molecule has 1 rings (SSSR count). The van der Waals surface area contributed by atoms with Crippen LogP contribution in [0.5, 0.6) is 0 Å². The summed E-state index contributed by atoms with van der Waals surface area (Å²) in [6.07, 6.45) is 1.60. The fraction of sp³-hybridized carbons (Fsp3) is 0.588. The van der Waals surface area contributed by atoms with Crippen molar-refractivity contribution in [3.63, 3.8) is 0 Å². The highest BCUT2D eigenvalue weighted by atomic mass is 32.2. The van der Waals surface area contributed by atoms with Crippen LogP contribution in [-0.4, -0.2) is 48.5 Å². The quantitative estimate of drug-likeness (QED) is 0.432. The molecule has 1 aromatic heterocycles. The average molecular weight is 402 g/mol. The highest BCUT2D eigenvalue weighted by Crippen LogP contribution is 2.24. The Morgan fingerprint density at radius 2 is 2.04 bits per heavy atom. The summed E-state index contributed by atoms with van der Waals surface area (Å²) in [6.45, 7) is 5.19. The lowest BCUT2D eigenvalue weighted by Gasteiger charge is -2.29. The van der Waals surface area contributed by atoms with Crippen molar-refractivity contribution in [2.75, 3.05) is 6.61 Å². The molecule has 152 valence electrons. The number of amides is 1. The Morgan fingerprint density at radius 3 is 2.56 bits per heavy atom. The van der Waals surface area contributed by atoms with E-state index in [-0.39, 0.29) is 13.0 Å². The molecule has 0 aromatic carbocycles. The van der Waals surface area contributed by atoms with Crippen LogP contribution in [0.2, 0.25) is 0 Å². The first kappa shape index (κ1) is 23.0. The number of hydrogen-bond donors (Lipinski definition) is 2. The molecule has 2 atom stereocenters. The van der Waals surface area contributed by atoms with E-state index in [0.29, 0.717) is 5.56 Å². The minimum atomic E-state index is -4.12. The molecule has 0 fully saturated rings. The van der Waals surface area contributed by atoms with Crippen molar-refractivity contribution >= 4 is 22.0 Å². The van der Waals surface area contributed by atoms with Gasteiger partial charge in [-0.25, -0.2) is 4.79 Å². The molecule has 1 unspecified atom stereocenters. The predicted octanol–water partition coefficient (Wildman–Crippen LogP) is 0.730. The summed E-state index contributed by atoms with van der Waals surface area (Å²) in [5, 5.41) is 11.3. The molecule has 10 heteroatoms. The van der Waals surface area contributed by atoms with Crippen LogP contribution < -0.4 is 5.32 Å². The molecule has 0 aliphatic carbocycles. The number of aliphatic hydroxyl groups excluding tert-OH is 1. The average Bonchev–Trinajstić information content (AvgIpc) is 2.62. The summed E-state index contributed by atoms with van der Waals surface area (Å²) in [5.74, 6) is -1.41. The molecule has 0 aliphatic rings. The first-order valence-corrected chi connectivity index (χ1v) is 9.85. The minimum absolute atomic E-state index is 0.0700. The fourth-order valence-electron chi connectivity index (χ4n) is 2.04. The number of esters is 1. The van der Waals surface area contributed by atoms with E-state index in [9.17, 15) is 23.1 Å². The van der Waals surface area contributed by atoms with Gasteiger partial charge in [-0.1, -0.05) is 26.8 Å². The molecule has 2 N–H and O–H groups in total. The SMILES string of the molecule is CCC(NC(C)=O)S(=O)(=O)OCC(C)(C)[C@@H](O)C(=O)OCc1cccnc1. The number of carbonyl (C=O) groups is 2. The van der Waals surface area contributed by atoms with Crippen LogP contribution >= 0.6 is 0 Å². The van der Waals surface area contributed by atoms with Crippen LogP contribution in [0.15, 0.2) is 24.5 Å². The van der Waals surface area contributed by atoms with Gasteiger partial charge in [0.25, 0.3) is 10.1 Å². The zero-order valence-electron chi connectivity index (χ0n) is 15.8. The summed E-state index contributed by atoms with van der Waals surface area (Å²) in [7, 11) is -4.12. The molecular weight excluding hydrogens is 376 g/mol. The number of hydrogen-bond acceptors (Lipinski definition) is 8. The maximum atomic E-state index is 12.2. The summed E-state index contributed by atoms with van der Waals surface area (Å²) in [5.41, 5.74) is -0.594. The molecule has 1 aromatic rings. The fourth-order valence-corrected chi connectivity index (χ4v) is 3.39. The Balaban J connectivity index is 2.66. The third kappa shape index (κ3) is 7.24. The molecule has 0 radical (unpaired) electrons. The highest BCUT2D eigenvalue weighted by molar-refractivity contribution is 7.87. The van der Waals surface area contributed by atoms with Gasteiger partial charge < -0.3 is 15.2 Å². The van der Waals surface area contributed by atoms with Gasteiger partial charge in [-0.15, -0.1) is 0 Å². The van der Waals surface area contributed by atoms with Gasteiger partial charge in [-0.05, 0) is 12.5 Å². The smallest absolute Gasteiger partial charge is 0.335 e. The topological polar surface area (TPSA) is 132 Å². The lowest BCUT2D eigenvalue weighted by molar-refractivity contribution is -0.162. The molecule has 0 saturated carbocycles. The van der Waals surface area contributed by atoms with E-state index >= 15 is 0 Å². The van der Waals surface area contributed by atoms with Gasteiger partial charge in [0, 0.05) is 30.3 Å². The number of nitrogens with one attached hydrogen (secondary N) is 1. The van der Waals surface area contributed by atoms with Crippen molar-refractivity contribution in [1.29, 1.82) is 0 Å². The van der Waals surface area contributed by atoms with Gasteiger partial charge in [-0.3, -0.25) is 14.0 Å². The third-order valence-corrected chi connectivity index (χ3v) is 5.34. The zero-order chi connectivity index (χ0) is 20.7. The first-order chi connectivity index (χ1) is 12.5. The number of ether oxygens (including phenoxy) is 1. The van der Waals surface area contributed by atoms with E-state index in [1.807, 2.05) is 0 Å². The Bertz CT molecular complexity index is 735. The number of aromatic nitrogens is 1. The van der Waals surface area contributed by atoms with Crippen LogP contribution in [-0.2, 0) is 35.2 Å². The zero-order valence-corrected chi connectivity index (χ0v) is 16.7. The van der Waals surface area contributed by atoms with Gasteiger partial charge in [0.2, 0.25) is 5.91 Å². The van der Waals surface area contributed by atoms with Crippen LogP contribution in [0.4, 0.5) is 0 Å². The van der Waals surface area contributed by atoms with Gasteiger partial charge in [0.1, 0.15) is 6.61 Å². The second-order valence-corrected chi connectivity index (χ2v) is 8.50. The Morgan fingerprint density at radius 1 is 1.37 bits per heavy atom. The lowest BCUT2D eigenvalue weighted by atomic mass is 9.88. The molecule has 0 spiro atoms. The van der Waals surface area contributed by atoms with Crippen molar-refractivity contribution in [3.8, 4) is 0 Å². The summed E-state index contributed by atoms with van der Waals surface area (Å²) >= 11 is 0. The number of rotatable bonds is 10. The molecule has 0 saturated heterocycles. The van der Waals surface area contributed by atoms with Crippen LogP contribution in [0.3, 0.4) is 0 Å². The molecule has 1 heterocycles. The van der Waals surface area contributed by atoms with Crippen LogP contribution in [0.25, 0.3) is 0 Å². The van der Waals surface area contributed by atoms with Gasteiger partial charge in [-0.2, -0.15) is 8.42 Å². The van der Waals surface area contributed by atoms with Crippen molar-refractivity contribution in [3.05, 3.63) is 30.1 Å². The largest absolute Gasteiger partial charge is 0.459 e. The minimum Gasteiger partial charge on any atom is -0.459 e. The monoisotopic (exact) mass is 402 g/mol. The number of pyridine rings is 1. The maximum Gasteiger partial charge on any atom is 0.335 e. The van der Waals surface area contributed by atoms with Crippen LogP contribution in [0.1, 0.15) is 39.7 Å². The number of aliphatic hydroxyl groups is 1. The van der Waals surface area contributed by atoms with Gasteiger partial charge in [0.05, 0.1) is 6.61 Å². The van der Waals surface area contributed by atoms with Crippen molar-refractivity contribution in [2.24, 2.45) is 5.41 Å². The second kappa shape index (κ2) is 9.77. The molecule has 9 nitrogen and oxygen atoms in total. The van der Waals surface area contributed by atoms with Crippen molar-refractivity contribution < 1.29 is 32.0 Å². The second-order valence-electron chi connectivity index (χ2n) is 6.71. The van der Waals surface area contributed by atoms with E-state index in [0.717, 1.165) is 0 Å². The molecule has 27 heavy (non-hydrogen) atoms. The number of nitrogens with zero attached hydrogens (tertiary/aromatic N) is 1. The van der Waals surface area contributed by atoms with E-state index in [1.165, 1.54) is 27.0 Å². The van der Waals surface area contributed by atoms with E-state index in [2.05, 4.69) is 10.3 Å². The number of carbonyl (C=O) groups excluding carboxylic acids is 2. The highest BCUT2D eigenvalue weighted by Gasteiger charge is 2.38. The maximum absolute atomic E-state index is 12.2. The molecule has 1 amide bonds. The predicted molar refractivity (Wildman–Crippen MR) is 96.6 cm³/mol. The Hall–Kier alpha value is -2.04. The molecule has 0 bridgehead atoms. The standard InChI is InChI=1S/C17H26N2O7S/c1-5-14(19-12(2)20)27(23,24)26-11-17(3,4)15(21)16(22)25-10-13-7-6-8-18-9-13/h6-9,14-15,21H,5,10-11H2,1-4H3,(H,19,20)/t14?,15-/m0/s1. The van der Waals surface area contributed by atoms with Gasteiger partial charge in [0.15, 0.2) is 11.5 Å². The molecule has 0 aliphatic heterocycles. The van der Waals surface area contributed by atoms with Crippen molar-refractivity contribution in [2.45, 2.75) is 52.2 Å². The summed E-state index contributed by atoms with van der Waals surface area (Å²) < 4.78 is 34.4. The molecular formula is C17H26N2O7S. The van der Waals surface area contributed by atoms with E-state index in [1.54, 1.807) is 25.3 Å². The van der Waals surface area contributed by atoms with E-state index < -0.39 is 45.5 Å². The lowest BCUT2D eigenvalue weighted by Crippen LogP contribution is -2.44. The summed E-state index contributed by atoms with van der Waals surface area (Å²) in [4.78, 5) is 27.1. The Labute approximate surface area is 159 Å². The van der Waals surface area contributed by atoms with Crippen LogP contribution in [0, 0.1) is 5.41 Å². The first-order valence-electron chi connectivity index (χ1n) is 8.38. The Kier molecular flexibility index (Phi) is 8.32. The summed E-state index contributed by atoms with van der Waals surface area (Å²) in [6, 6.07) is 3.39. The van der Waals surface area contributed by atoms with Gasteiger partial charge >= 0.3 is 5.97 Å². The third-order valence-electron chi connectivity index (χ3n) is 3.75. The van der Waals surface area contributed by atoms with E-state index in [4.69, 9.17) is 8.92 Å². The normalized spacial score (nSPS) is 14.3.